The minimum atomic E-state index is -1.03. The molecular weight excluding hydrogens is 420 g/mol. The SMILES string of the molecule is Cc1cc([N+](=O)[O-])ccc1N1C(=O)[C@@H]2C3c4ccccc4C(CO)(c4ccccc43)[C@H]2C1=O. The van der Waals surface area contributed by atoms with Gasteiger partial charge in [0.2, 0.25) is 11.8 Å². The van der Waals surface area contributed by atoms with Gasteiger partial charge in [0.15, 0.2) is 0 Å². The molecule has 0 unspecified atom stereocenters. The van der Waals surface area contributed by atoms with E-state index >= 15 is 0 Å². The molecular formula is C26H20N2O5. The summed E-state index contributed by atoms with van der Waals surface area (Å²) < 4.78 is 0. The summed E-state index contributed by atoms with van der Waals surface area (Å²) in [5.74, 6) is -2.39. The Kier molecular flexibility index (Phi) is 3.95. The molecule has 0 aromatic heterocycles. The molecule has 4 aliphatic rings. The van der Waals surface area contributed by atoms with E-state index in [0.29, 0.717) is 11.3 Å². The van der Waals surface area contributed by atoms with Crippen LogP contribution in [0.2, 0.25) is 0 Å². The number of benzene rings is 3. The Morgan fingerprint density at radius 3 is 2.12 bits per heavy atom. The monoisotopic (exact) mass is 440 g/mol. The highest BCUT2D eigenvalue weighted by Crippen LogP contribution is 2.64. The van der Waals surface area contributed by atoms with Crippen molar-refractivity contribution in [3.05, 3.63) is 105 Å². The molecule has 3 aliphatic carbocycles. The number of amides is 2. The maximum atomic E-state index is 14.0. The summed E-state index contributed by atoms with van der Waals surface area (Å²) in [4.78, 5) is 39.7. The molecule has 7 nitrogen and oxygen atoms in total. The number of rotatable bonds is 3. The molecule has 7 rings (SSSR count). The number of carbonyl (C=O) groups is 2. The first-order valence-electron chi connectivity index (χ1n) is 10.8. The number of imide groups is 1. The van der Waals surface area contributed by atoms with Crippen LogP contribution in [0.4, 0.5) is 11.4 Å². The number of hydrogen-bond acceptors (Lipinski definition) is 5. The van der Waals surface area contributed by atoms with Crippen molar-refractivity contribution in [2.24, 2.45) is 11.8 Å². The first-order chi connectivity index (χ1) is 15.9. The minimum absolute atomic E-state index is 0.0977. The van der Waals surface area contributed by atoms with E-state index in [4.69, 9.17) is 0 Å². The fraction of sp³-hybridized carbons (Fsp3) is 0.231. The van der Waals surface area contributed by atoms with Crippen molar-refractivity contribution in [1.29, 1.82) is 0 Å². The van der Waals surface area contributed by atoms with E-state index in [-0.39, 0.29) is 30.0 Å². The van der Waals surface area contributed by atoms with Gasteiger partial charge in [-0.05, 0) is 40.8 Å². The summed E-state index contributed by atoms with van der Waals surface area (Å²) in [6.45, 7) is 1.35. The molecule has 164 valence electrons. The van der Waals surface area contributed by atoms with Crippen LogP contribution in [0.5, 0.6) is 0 Å². The van der Waals surface area contributed by atoms with E-state index in [2.05, 4.69) is 0 Å². The quantitative estimate of drug-likeness (QED) is 0.382. The number of nitrogens with zero attached hydrogens (tertiary/aromatic N) is 2. The van der Waals surface area contributed by atoms with Crippen LogP contribution >= 0.6 is 0 Å². The van der Waals surface area contributed by atoms with Crippen molar-refractivity contribution in [3.8, 4) is 0 Å². The minimum Gasteiger partial charge on any atom is -0.395 e. The van der Waals surface area contributed by atoms with Gasteiger partial charge >= 0.3 is 0 Å². The lowest BCUT2D eigenvalue weighted by Crippen LogP contribution is -2.55. The smallest absolute Gasteiger partial charge is 0.269 e. The molecule has 3 aromatic carbocycles. The first-order valence-corrected chi connectivity index (χ1v) is 10.8. The molecule has 2 atom stereocenters. The molecule has 1 heterocycles. The van der Waals surface area contributed by atoms with Gasteiger partial charge < -0.3 is 5.11 Å². The number of nitro groups is 1. The van der Waals surface area contributed by atoms with Crippen molar-refractivity contribution in [1.82, 2.24) is 0 Å². The zero-order valence-corrected chi connectivity index (χ0v) is 17.8. The lowest BCUT2D eigenvalue weighted by molar-refractivity contribution is -0.384. The van der Waals surface area contributed by atoms with Crippen LogP contribution in [-0.4, -0.2) is 28.5 Å². The number of hydrogen-bond donors (Lipinski definition) is 1. The van der Waals surface area contributed by atoms with Crippen LogP contribution in [0.25, 0.3) is 0 Å². The fourth-order valence-electron chi connectivity index (χ4n) is 6.44. The summed E-state index contributed by atoms with van der Waals surface area (Å²) >= 11 is 0. The standard InChI is InChI=1S/C26H20N2O5/c1-14-12-15(28(32)33)10-11-20(14)27-24(30)22-21-16-6-2-4-8-18(16)26(13-29,23(22)25(27)31)19-9-5-3-7-17(19)21/h2-12,21-23,29H,13H2,1H3/t21?,22-,23-,26?/m1/s1. The van der Waals surface area contributed by atoms with Crippen molar-refractivity contribution < 1.29 is 19.6 Å². The van der Waals surface area contributed by atoms with E-state index in [0.717, 1.165) is 22.3 Å². The van der Waals surface area contributed by atoms with E-state index in [9.17, 15) is 24.8 Å². The molecule has 7 heteroatoms. The fourth-order valence-corrected chi connectivity index (χ4v) is 6.44. The van der Waals surface area contributed by atoms with Crippen molar-refractivity contribution in [2.75, 3.05) is 11.5 Å². The number of aliphatic hydroxyl groups is 1. The number of anilines is 1. The van der Waals surface area contributed by atoms with Gasteiger partial charge in [-0.2, -0.15) is 0 Å². The molecule has 0 radical (unpaired) electrons. The van der Waals surface area contributed by atoms with Crippen LogP contribution in [0.15, 0.2) is 66.7 Å². The third-order valence-electron chi connectivity index (χ3n) is 7.68. The molecule has 2 amide bonds. The van der Waals surface area contributed by atoms with Gasteiger partial charge in [-0.1, -0.05) is 48.5 Å². The molecule has 3 aromatic rings. The maximum absolute atomic E-state index is 14.0. The van der Waals surface area contributed by atoms with Gasteiger partial charge in [-0.25, -0.2) is 4.90 Å². The molecule has 1 saturated heterocycles. The number of aryl methyl sites for hydroxylation is 1. The average Bonchev–Trinajstić information content (AvgIpc) is 3.10. The Hall–Kier alpha value is -3.84. The summed E-state index contributed by atoms with van der Waals surface area (Å²) in [6, 6.07) is 19.6. The Balaban J connectivity index is 1.59. The third kappa shape index (κ3) is 2.27. The second-order valence-electron chi connectivity index (χ2n) is 9.02. The number of non-ortho nitro benzene ring substituents is 1. The van der Waals surface area contributed by atoms with Crippen LogP contribution in [0.1, 0.15) is 33.7 Å². The molecule has 1 fully saturated rings. The van der Waals surface area contributed by atoms with Crippen LogP contribution in [0, 0.1) is 28.9 Å². The summed E-state index contributed by atoms with van der Waals surface area (Å²) in [5, 5.41) is 22.0. The second-order valence-corrected chi connectivity index (χ2v) is 9.02. The largest absolute Gasteiger partial charge is 0.395 e. The predicted octanol–water partition coefficient (Wildman–Crippen LogP) is 3.45. The molecule has 1 aliphatic heterocycles. The third-order valence-corrected chi connectivity index (χ3v) is 7.68. The van der Waals surface area contributed by atoms with Gasteiger partial charge in [0.05, 0.1) is 34.5 Å². The summed E-state index contributed by atoms with van der Waals surface area (Å²) in [5.41, 5.74) is 3.42. The van der Waals surface area contributed by atoms with E-state index in [1.807, 2.05) is 48.5 Å². The molecule has 33 heavy (non-hydrogen) atoms. The molecule has 1 N–H and O–H groups in total. The Morgan fingerprint density at radius 1 is 0.970 bits per heavy atom. The van der Waals surface area contributed by atoms with Gasteiger partial charge in [-0.3, -0.25) is 19.7 Å². The van der Waals surface area contributed by atoms with Crippen LogP contribution in [-0.2, 0) is 15.0 Å². The molecule has 2 bridgehead atoms. The first kappa shape index (κ1) is 19.8. The van der Waals surface area contributed by atoms with E-state index in [1.165, 1.54) is 23.1 Å². The normalized spacial score (nSPS) is 26.7. The highest BCUT2D eigenvalue weighted by Gasteiger charge is 2.68. The topological polar surface area (TPSA) is 101 Å². The summed E-state index contributed by atoms with van der Waals surface area (Å²) in [6.07, 6.45) is 0. The lowest BCUT2D eigenvalue weighted by atomic mass is 9.47. The van der Waals surface area contributed by atoms with E-state index < -0.39 is 22.2 Å². The van der Waals surface area contributed by atoms with Crippen molar-refractivity contribution >= 4 is 23.2 Å². The highest BCUT2D eigenvalue weighted by atomic mass is 16.6. The Bertz CT molecular complexity index is 1330. The number of nitro benzene ring substituents is 1. The van der Waals surface area contributed by atoms with Crippen LogP contribution < -0.4 is 4.90 Å². The highest BCUT2D eigenvalue weighted by molar-refractivity contribution is 6.24. The number of carbonyl (C=O) groups excluding carboxylic acids is 2. The average molecular weight is 440 g/mol. The van der Waals surface area contributed by atoms with Gasteiger partial charge in [0, 0.05) is 18.1 Å². The van der Waals surface area contributed by atoms with E-state index in [1.54, 1.807) is 6.92 Å². The molecule has 0 spiro atoms. The van der Waals surface area contributed by atoms with Crippen LogP contribution in [0.3, 0.4) is 0 Å². The zero-order valence-electron chi connectivity index (χ0n) is 17.8. The Labute approximate surface area is 189 Å². The zero-order chi connectivity index (χ0) is 23.1. The van der Waals surface area contributed by atoms with Gasteiger partial charge in [0.1, 0.15) is 0 Å². The summed E-state index contributed by atoms with van der Waals surface area (Å²) in [7, 11) is 0. The maximum Gasteiger partial charge on any atom is 0.269 e. The Morgan fingerprint density at radius 2 is 1.58 bits per heavy atom. The molecule has 0 saturated carbocycles. The second kappa shape index (κ2) is 6.59. The van der Waals surface area contributed by atoms with Gasteiger partial charge in [-0.15, -0.1) is 0 Å². The lowest BCUT2D eigenvalue weighted by Gasteiger charge is -2.53. The van der Waals surface area contributed by atoms with Crippen molar-refractivity contribution in [2.45, 2.75) is 18.3 Å². The number of aliphatic hydroxyl groups excluding tert-OH is 1. The van der Waals surface area contributed by atoms with Crippen molar-refractivity contribution in [3.63, 3.8) is 0 Å². The predicted molar refractivity (Wildman–Crippen MR) is 120 cm³/mol. The van der Waals surface area contributed by atoms with Gasteiger partial charge in [0.25, 0.3) is 5.69 Å².